The highest BCUT2D eigenvalue weighted by atomic mass is 19.1. The summed E-state index contributed by atoms with van der Waals surface area (Å²) >= 11 is 0. The topological polar surface area (TPSA) is 78.8 Å². The van der Waals surface area contributed by atoms with Crippen molar-refractivity contribution in [3.8, 4) is 11.4 Å². The fraction of sp³-hybridized carbons (Fsp3) is 0.417. The number of benzene rings is 1. The maximum Gasteiger partial charge on any atom is 0.184 e. The van der Waals surface area contributed by atoms with Gasteiger partial charge in [-0.25, -0.2) is 9.07 Å². The fourth-order valence-corrected chi connectivity index (χ4v) is 1.77. The zero-order valence-electron chi connectivity index (χ0n) is 10.7. The molecule has 0 bridgehead atoms. The van der Waals surface area contributed by atoms with Crippen molar-refractivity contribution >= 4 is 5.69 Å². The Morgan fingerprint density at radius 1 is 1.37 bits per heavy atom. The number of methoxy groups -OCH3 is 1. The summed E-state index contributed by atoms with van der Waals surface area (Å²) in [5, 5.41) is 11.3. The van der Waals surface area contributed by atoms with Crippen LogP contribution in [0.2, 0.25) is 0 Å². The minimum atomic E-state index is -0.423. The number of aromatic nitrogens is 4. The molecule has 0 saturated heterocycles. The second-order valence-electron chi connectivity index (χ2n) is 4.16. The molecule has 102 valence electrons. The number of tetrazole rings is 1. The number of aryl methyl sites for hydroxylation is 1. The van der Waals surface area contributed by atoms with Crippen molar-refractivity contribution in [3.63, 3.8) is 0 Å². The van der Waals surface area contributed by atoms with Gasteiger partial charge in [-0.05, 0) is 41.5 Å². The molecule has 0 amide bonds. The van der Waals surface area contributed by atoms with E-state index < -0.39 is 5.82 Å². The summed E-state index contributed by atoms with van der Waals surface area (Å²) < 4.78 is 20.4. The minimum absolute atomic E-state index is 0.353. The quantitative estimate of drug-likeness (QED) is 0.632. The molecule has 0 atom stereocenters. The zero-order valence-corrected chi connectivity index (χ0v) is 10.7. The van der Waals surface area contributed by atoms with Crippen molar-refractivity contribution in [2.75, 3.05) is 19.5 Å². The van der Waals surface area contributed by atoms with Crippen LogP contribution in [-0.4, -0.2) is 33.9 Å². The lowest BCUT2D eigenvalue weighted by molar-refractivity contribution is 0.191. The first kappa shape index (κ1) is 13.4. The Labute approximate surface area is 110 Å². The molecule has 1 aromatic carbocycles. The minimum Gasteiger partial charge on any atom is -0.399 e. The van der Waals surface area contributed by atoms with E-state index >= 15 is 0 Å². The standard InChI is InChI=1S/C12H16FN5O/c1-19-7-3-2-6-18-12(15-16-17-18)10-5-4-9(14)8-11(10)13/h4-5,8H,2-3,6-7,14H2,1H3. The lowest BCUT2D eigenvalue weighted by Gasteiger charge is -2.06. The van der Waals surface area contributed by atoms with E-state index in [4.69, 9.17) is 10.5 Å². The third kappa shape index (κ3) is 3.25. The van der Waals surface area contributed by atoms with Crippen LogP contribution in [0.3, 0.4) is 0 Å². The smallest absolute Gasteiger partial charge is 0.184 e. The molecule has 1 aromatic heterocycles. The maximum absolute atomic E-state index is 13.8. The fourth-order valence-electron chi connectivity index (χ4n) is 1.77. The van der Waals surface area contributed by atoms with E-state index in [0.29, 0.717) is 30.2 Å². The molecule has 6 nitrogen and oxygen atoms in total. The highest BCUT2D eigenvalue weighted by molar-refractivity contribution is 5.59. The van der Waals surface area contributed by atoms with Crippen LogP contribution in [-0.2, 0) is 11.3 Å². The van der Waals surface area contributed by atoms with Crippen LogP contribution in [0.1, 0.15) is 12.8 Å². The summed E-state index contributed by atoms with van der Waals surface area (Å²) in [6, 6.07) is 4.48. The van der Waals surface area contributed by atoms with Crippen molar-refractivity contribution < 1.29 is 9.13 Å². The van der Waals surface area contributed by atoms with Crippen LogP contribution >= 0.6 is 0 Å². The number of ether oxygens (including phenoxy) is 1. The number of hydrogen-bond donors (Lipinski definition) is 1. The van der Waals surface area contributed by atoms with E-state index in [-0.39, 0.29) is 0 Å². The second kappa shape index (κ2) is 6.24. The van der Waals surface area contributed by atoms with E-state index in [1.807, 2.05) is 0 Å². The van der Waals surface area contributed by atoms with Crippen molar-refractivity contribution in [3.05, 3.63) is 24.0 Å². The SMILES string of the molecule is COCCCCn1nnnc1-c1ccc(N)cc1F. The normalized spacial score (nSPS) is 10.8. The molecular formula is C12H16FN5O. The molecule has 0 aliphatic carbocycles. The Morgan fingerprint density at radius 2 is 2.21 bits per heavy atom. The number of rotatable bonds is 6. The lowest BCUT2D eigenvalue weighted by Crippen LogP contribution is -2.05. The number of nitrogen functional groups attached to an aromatic ring is 1. The van der Waals surface area contributed by atoms with Crippen molar-refractivity contribution in [2.24, 2.45) is 0 Å². The van der Waals surface area contributed by atoms with Crippen molar-refractivity contribution in [1.82, 2.24) is 20.2 Å². The van der Waals surface area contributed by atoms with Gasteiger partial charge < -0.3 is 10.5 Å². The summed E-state index contributed by atoms with van der Waals surface area (Å²) in [6.45, 7) is 1.31. The largest absolute Gasteiger partial charge is 0.399 e. The van der Waals surface area contributed by atoms with Gasteiger partial charge in [-0.3, -0.25) is 0 Å². The van der Waals surface area contributed by atoms with Gasteiger partial charge >= 0.3 is 0 Å². The Bertz CT molecular complexity index is 543. The van der Waals surface area contributed by atoms with Crippen molar-refractivity contribution in [2.45, 2.75) is 19.4 Å². The first-order valence-corrected chi connectivity index (χ1v) is 6.03. The Kier molecular flexibility index (Phi) is 4.40. The molecule has 0 saturated carbocycles. The van der Waals surface area contributed by atoms with E-state index in [1.54, 1.807) is 23.9 Å². The van der Waals surface area contributed by atoms with Gasteiger partial charge in [0.25, 0.3) is 0 Å². The molecule has 0 unspecified atom stereocenters. The average Bonchev–Trinajstić information content (AvgIpc) is 2.83. The summed E-state index contributed by atoms with van der Waals surface area (Å²) in [6.07, 6.45) is 1.77. The Hall–Kier alpha value is -2.02. The molecule has 2 N–H and O–H groups in total. The van der Waals surface area contributed by atoms with Crippen LogP contribution in [0, 0.1) is 5.82 Å². The number of anilines is 1. The van der Waals surface area contributed by atoms with Crippen molar-refractivity contribution in [1.29, 1.82) is 0 Å². The van der Waals surface area contributed by atoms with Gasteiger partial charge in [0, 0.05) is 25.9 Å². The first-order chi connectivity index (χ1) is 9.22. The number of unbranched alkanes of at least 4 members (excludes halogenated alkanes) is 1. The Balaban J connectivity index is 2.14. The second-order valence-corrected chi connectivity index (χ2v) is 4.16. The summed E-state index contributed by atoms with van der Waals surface area (Å²) in [5.41, 5.74) is 6.25. The maximum atomic E-state index is 13.8. The molecule has 19 heavy (non-hydrogen) atoms. The zero-order chi connectivity index (χ0) is 13.7. The van der Waals surface area contributed by atoms with E-state index in [1.165, 1.54) is 6.07 Å². The van der Waals surface area contributed by atoms with Gasteiger partial charge in [0.05, 0.1) is 5.56 Å². The van der Waals surface area contributed by atoms with Gasteiger partial charge in [-0.1, -0.05) is 0 Å². The summed E-state index contributed by atoms with van der Waals surface area (Å²) in [7, 11) is 1.66. The van der Waals surface area contributed by atoms with Crippen LogP contribution in [0.4, 0.5) is 10.1 Å². The third-order valence-corrected chi connectivity index (χ3v) is 2.73. The van der Waals surface area contributed by atoms with Gasteiger partial charge in [-0.15, -0.1) is 5.10 Å². The highest BCUT2D eigenvalue weighted by Crippen LogP contribution is 2.22. The van der Waals surface area contributed by atoms with Crippen LogP contribution in [0.15, 0.2) is 18.2 Å². The molecule has 2 aromatic rings. The molecule has 0 fully saturated rings. The number of halogens is 1. The molecule has 0 radical (unpaired) electrons. The molecule has 7 heteroatoms. The summed E-state index contributed by atoms with van der Waals surface area (Å²) in [5.74, 6) is -0.0112. The van der Waals surface area contributed by atoms with E-state index in [2.05, 4.69) is 15.5 Å². The molecule has 1 heterocycles. The van der Waals surface area contributed by atoms with Gasteiger partial charge in [0.1, 0.15) is 5.82 Å². The monoisotopic (exact) mass is 265 g/mol. The predicted octanol–water partition coefficient (Wildman–Crippen LogP) is 1.49. The first-order valence-electron chi connectivity index (χ1n) is 6.03. The molecule has 0 aliphatic heterocycles. The van der Waals surface area contributed by atoms with Gasteiger partial charge in [-0.2, -0.15) is 0 Å². The van der Waals surface area contributed by atoms with Crippen LogP contribution in [0.5, 0.6) is 0 Å². The molecule has 0 spiro atoms. The number of hydrogen-bond acceptors (Lipinski definition) is 5. The molecular weight excluding hydrogens is 249 g/mol. The van der Waals surface area contributed by atoms with Crippen LogP contribution < -0.4 is 5.73 Å². The highest BCUT2D eigenvalue weighted by Gasteiger charge is 2.13. The predicted molar refractivity (Wildman–Crippen MR) is 68.7 cm³/mol. The number of nitrogens with zero attached hydrogens (tertiary/aromatic N) is 4. The van der Waals surface area contributed by atoms with Gasteiger partial charge in [0.15, 0.2) is 5.82 Å². The Morgan fingerprint density at radius 3 is 2.95 bits per heavy atom. The number of nitrogens with two attached hydrogens (primary N) is 1. The van der Waals surface area contributed by atoms with Crippen LogP contribution in [0.25, 0.3) is 11.4 Å². The average molecular weight is 265 g/mol. The third-order valence-electron chi connectivity index (χ3n) is 2.73. The molecule has 2 rings (SSSR count). The molecule has 0 aliphatic rings. The summed E-state index contributed by atoms with van der Waals surface area (Å²) in [4.78, 5) is 0. The lowest BCUT2D eigenvalue weighted by atomic mass is 10.2. The van der Waals surface area contributed by atoms with Gasteiger partial charge in [0.2, 0.25) is 0 Å². The van der Waals surface area contributed by atoms with E-state index in [0.717, 1.165) is 12.8 Å². The van der Waals surface area contributed by atoms with E-state index in [9.17, 15) is 4.39 Å².